The molecule has 13 heavy (non-hydrogen) atoms. The van der Waals surface area contributed by atoms with Gasteiger partial charge >= 0.3 is 6.09 Å². The third-order valence-corrected chi connectivity index (χ3v) is 2.37. The summed E-state index contributed by atoms with van der Waals surface area (Å²) in [6.45, 7) is 0. The molecule has 2 aromatic rings. The van der Waals surface area contributed by atoms with Crippen molar-refractivity contribution >= 4 is 39.8 Å². The molecule has 0 amide bonds. The molecule has 0 aliphatic carbocycles. The molecule has 5 nitrogen and oxygen atoms in total. The molecule has 1 N–H and O–H groups in total. The number of hydrogen-bond acceptors (Lipinski definition) is 3. The van der Waals surface area contributed by atoms with Gasteiger partial charge in [-0.25, -0.2) is 14.3 Å². The van der Waals surface area contributed by atoms with Crippen molar-refractivity contribution in [1.82, 2.24) is 14.5 Å². The van der Waals surface area contributed by atoms with Crippen LogP contribution in [0.25, 0.3) is 11.2 Å². The van der Waals surface area contributed by atoms with E-state index in [2.05, 4.69) is 9.97 Å². The molecule has 0 unspecified atom stereocenters. The third kappa shape index (κ3) is 1.26. The van der Waals surface area contributed by atoms with Gasteiger partial charge < -0.3 is 5.11 Å². The lowest BCUT2D eigenvalue weighted by atomic mass is 10.5. The quantitative estimate of drug-likeness (QED) is 0.747. The molecule has 0 aromatic carbocycles. The molecule has 0 aliphatic rings. The van der Waals surface area contributed by atoms with Gasteiger partial charge in [-0.05, 0) is 22.6 Å². The van der Waals surface area contributed by atoms with Gasteiger partial charge in [0.2, 0.25) is 0 Å². The van der Waals surface area contributed by atoms with Gasteiger partial charge in [0.25, 0.3) is 0 Å². The largest absolute Gasteiger partial charge is 0.464 e. The van der Waals surface area contributed by atoms with Crippen molar-refractivity contribution in [3.8, 4) is 0 Å². The number of halogens is 1. The number of carboxylic acid groups (broad SMARTS) is 1. The summed E-state index contributed by atoms with van der Waals surface area (Å²) in [5.41, 5.74) is 0.991. The maximum Gasteiger partial charge on any atom is 0.417 e. The second-order valence-corrected chi connectivity index (χ2v) is 3.52. The van der Waals surface area contributed by atoms with Crippen molar-refractivity contribution in [2.75, 3.05) is 0 Å². The van der Waals surface area contributed by atoms with Crippen LogP contribution in [0.3, 0.4) is 0 Å². The molecule has 2 rings (SSSR count). The summed E-state index contributed by atoms with van der Waals surface area (Å²) in [6.07, 6.45) is 3.45. The SMILES string of the molecule is O=C(O)n1cc(I)c2nccnc21. The zero-order chi connectivity index (χ0) is 9.42. The fourth-order valence-electron chi connectivity index (χ4n) is 1.06. The van der Waals surface area contributed by atoms with Gasteiger partial charge in [0, 0.05) is 18.6 Å². The predicted molar refractivity (Wildman–Crippen MR) is 53.7 cm³/mol. The van der Waals surface area contributed by atoms with E-state index in [1.807, 2.05) is 22.6 Å². The Morgan fingerprint density at radius 2 is 2.15 bits per heavy atom. The Labute approximate surface area is 86.6 Å². The summed E-state index contributed by atoms with van der Waals surface area (Å²) in [6, 6.07) is 0. The van der Waals surface area contributed by atoms with E-state index in [0.29, 0.717) is 11.2 Å². The van der Waals surface area contributed by atoms with Crippen molar-refractivity contribution in [3.63, 3.8) is 0 Å². The molecule has 2 aromatic heterocycles. The molecule has 66 valence electrons. The van der Waals surface area contributed by atoms with Crippen LogP contribution in [-0.4, -0.2) is 25.7 Å². The molecule has 2 heterocycles. The van der Waals surface area contributed by atoms with E-state index in [9.17, 15) is 4.79 Å². The molecular weight excluding hydrogens is 285 g/mol. The number of aromatic nitrogens is 3. The lowest BCUT2D eigenvalue weighted by Gasteiger charge is -1.93. The number of carbonyl (C=O) groups is 1. The van der Waals surface area contributed by atoms with Crippen LogP contribution in [0, 0.1) is 3.57 Å². The average Bonchev–Trinajstić information content (AvgIpc) is 2.45. The van der Waals surface area contributed by atoms with Crippen molar-refractivity contribution in [1.29, 1.82) is 0 Å². The second-order valence-electron chi connectivity index (χ2n) is 2.36. The Balaban J connectivity index is 2.85. The monoisotopic (exact) mass is 289 g/mol. The van der Waals surface area contributed by atoms with Gasteiger partial charge in [0.05, 0.1) is 3.57 Å². The Morgan fingerprint density at radius 3 is 2.85 bits per heavy atom. The Hall–Kier alpha value is -1.18. The minimum atomic E-state index is -1.05. The van der Waals surface area contributed by atoms with E-state index < -0.39 is 6.09 Å². The van der Waals surface area contributed by atoms with Gasteiger partial charge in [-0.15, -0.1) is 0 Å². The summed E-state index contributed by atoms with van der Waals surface area (Å²) in [5, 5.41) is 8.79. The van der Waals surface area contributed by atoms with Crippen LogP contribution in [0.5, 0.6) is 0 Å². The molecule has 0 aliphatic heterocycles. The summed E-state index contributed by atoms with van der Waals surface area (Å²) >= 11 is 2.03. The average molecular weight is 289 g/mol. The molecular formula is C7H4IN3O2. The van der Waals surface area contributed by atoms with Crippen LogP contribution in [0.1, 0.15) is 0 Å². The molecule has 0 saturated heterocycles. The summed E-state index contributed by atoms with van der Waals surface area (Å²) in [5.74, 6) is 0. The predicted octanol–water partition coefficient (Wildman–Crippen LogP) is 1.56. The van der Waals surface area contributed by atoms with E-state index in [0.717, 1.165) is 8.14 Å². The van der Waals surface area contributed by atoms with Gasteiger partial charge in [-0.2, -0.15) is 0 Å². The van der Waals surface area contributed by atoms with Crippen molar-refractivity contribution in [2.24, 2.45) is 0 Å². The highest BCUT2D eigenvalue weighted by Crippen LogP contribution is 2.17. The van der Waals surface area contributed by atoms with Gasteiger partial charge in [-0.3, -0.25) is 4.98 Å². The highest BCUT2D eigenvalue weighted by atomic mass is 127. The van der Waals surface area contributed by atoms with Crippen LogP contribution in [-0.2, 0) is 0 Å². The van der Waals surface area contributed by atoms with Crippen LogP contribution in [0.2, 0.25) is 0 Å². The van der Waals surface area contributed by atoms with Crippen LogP contribution < -0.4 is 0 Å². The van der Waals surface area contributed by atoms with Crippen LogP contribution >= 0.6 is 22.6 Å². The first kappa shape index (κ1) is 8.42. The zero-order valence-corrected chi connectivity index (χ0v) is 8.46. The topological polar surface area (TPSA) is 68.0 Å². The Bertz CT molecular complexity index is 480. The first-order valence-electron chi connectivity index (χ1n) is 3.41. The fraction of sp³-hybridized carbons (Fsp3) is 0. The van der Waals surface area contributed by atoms with Crippen LogP contribution in [0.15, 0.2) is 18.6 Å². The highest BCUT2D eigenvalue weighted by molar-refractivity contribution is 14.1. The molecule has 0 atom stereocenters. The lowest BCUT2D eigenvalue weighted by Crippen LogP contribution is -2.06. The van der Waals surface area contributed by atoms with E-state index in [-0.39, 0.29) is 0 Å². The minimum absolute atomic E-state index is 0.374. The number of hydrogen-bond donors (Lipinski definition) is 1. The summed E-state index contributed by atoms with van der Waals surface area (Å²) in [4.78, 5) is 18.7. The molecule has 6 heteroatoms. The maximum atomic E-state index is 10.7. The zero-order valence-electron chi connectivity index (χ0n) is 6.31. The number of fused-ring (bicyclic) bond motifs is 1. The second kappa shape index (κ2) is 2.95. The molecule has 0 saturated carbocycles. The number of nitrogens with zero attached hydrogens (tertiary/aromatic N) is 3. The number of rotatable bonds is 0. The van der Waals surface area contributed by atoms with Gasteiger partial charge in [0.1, 0.15) is 5.52 Å². The van der Waals surface area contributed by atoms with E-state index in [1.54, 1.807) is 0 Å². The first-order chi connectivity index (χ1) is 6.20. The smallest absolute Gasteiger partial charge is 0.417 e. The molecule has 0 fully saturated rings. The molecule has 0 spiro atoms. The van der Waals surface area contributed by atoms with Gasteiger partial charge in [-0.1, -0.05) is 0 Å². The first-order valence-corrected chi connectivity index (χ1v) is 4.49. The fourth-order valence-corrected chi connectivity index (χ4v) is 1.72. The highest BCUT2D eigenvalue weighted by Gasteiger charge is 2.12. The normalized spacial score (nSPS) is 10.5. The van der Waals surface area contributed by atoms with Crippen molar-refractivity contribution < 1.29 is 9.90 Å². The maximum absolute atomic E-state index is 10.7. The Morgan fingerprint density at radius 1 is 1.46 bits per heavy atom. The summed E-state index contributed by atoms with van der Waals surface area (Å²) < 4.78 is 1.84. The van der Waals surface area contributed by atoms with E-state index in [4.69, 9.17) is 5.11 Å². The lowest BCUT2D eigenvalue weighted by molar-refractivity contribution is 0.197. The van der Waals surface area contributed by atoms with E-state index >= 15 is 0 Å². The van der Waals surface area contributed by atoms with Gasteiger partial charge in [0.15, 0.2) is 5.65 Å². The summed E-state index contributed by atoms with van der Waals surface area (Å²) in [7, 11) is 0. The van der Waals surface area contributed by atoms with Crippen molar-refractivity contribution in [2.45, 2.75) is 0 Å². The third-order valence-electron chi connectivity index (χ3n) is 1.58. The molecule has 0 radical (unpaired) electrons. The standard InChI is InChI=1S/C7H4IN3O2/c8-4-3-11(7(12)13)6-5(4)9-1-2-10-6/h1-3H,(H,12,13). The van der Waals surface area contributed by atoms with Crippen LogP contribution in [0.4, 0.5) is 4.79 Å². The van der Waals surface area contributed by atoms with Crippen molar-refractivity contribution in [3.05, 3.63) is 22.2 Å². The Kier molecular flexibility index (Phi) is 1.91. The van der Waals surface area contributed by atoms with E-state index in [1.165, 1.54) is 18.6 Å². The minimum Gasteiger partial charge on any atom is -0.464 e. The molecule has 0 bridgehead atoms.